The van der Waals surface area contributed by atoms with E-state index >= 15 is 0 Å². The smallest absolute Gasteiger partial charge is 0.462 e. The lowest BCUT2D eigenvalue weighted by Crippen LogP contribution is -2.30. The Morgan fingerprint density at radius 3 is 0.791 bits per heavy atom. The van der Waals surface area contributed by atoms with Gasteiger partial charge in [0, 0.05) is 25.7 Å². The van der Waals surface area contributed by atoms with Crippen LogP contribution in [0.15, 0.2) is 0 Å². The van der Waals surface area contributed by atoms with Gasteiger partial charge >= 0.3 is 39.5 Å². The molecule has 0 aliphatic rings. The van der Waals surface area contributed by atoms with Gasteiger partial charge in [-0.2, -0.15) is 0 Å². The van der Waals surface area contributed by atoms with Gasteiger partial charge in [0.15, 0.2) is 12.2 Å². The Bertz CT molecular complexity index is 1670. The number of aliphatic hydroxyl groups is 1. The fraction of sp³-hybridized carbons (Fsp3) is 0.940. The number of phosphoric ester groups is 2. The second kappa shape index (κ2) is 60.6. The van der Waals surface area contributed by atoms with Gasteiger partial charge in [0.25, 0.3) is 0 Å². The number of aliphatic hydroxyl groups excluding tert-OH is 1. The maximum Gasteiger partial charge on any atom is 0.472 e. The van der Waals surface area contributed by atoms with Crippen molar-refractivity contribution in [3.8, 4) is 0 Å². The maximum atomic E-state index is 13.0. The first-order chi connectivity index (χ1) is 41.5. The van der Waals surface area contributed by atoms with Crippen molar-refractivity contribution in [2.75, 3.05) is 39.6 Å². The van der Waals surface area contributed by atoms with Crippen LogP contribution in [0.2, 0.25) is 0 Å². The van der Waals surface area contributed by atoms with Gasteiger partial charge in [-0.05, 0) is 31.6 Å². The number of hydrogen-bond donors (Lipinski definition) is 3. The van der Waals surface area contributed by atoms with Crippen molar-refractivity contribution in [1.82, 2.24) is 0 Å². The fourth-order valence-corrected chi connectivity index (χ4v) is 11.7. The van der Waals surface area contributed by atoms with Crippen molar-refractivity contribution in [3.63, 3.8) is 0 Å². The molecule has 17 nitrogen and oxygen atoms in total. The minimum atomic E-state index is -4.95. The topological polar surface area (TPSA) is 237 Å². The monoisotopic (exact) mass is 1270 g/mol. The Morgan fingerprint density at radius 2 is 0.535 bits per heavy atom. The molecule has 5 atom stereocenters. The van der Waals surface area contributed by atoms with Gasteiger partial charge in [-0.1, -0.05) is 291 Å². The first kappa shape index (κ1) is 84.1. The number of rotatable bonds is 67. The molecular weight excluding hydrogens is 1140 g/mol. The van der Waals surface area contributed by atoms with E-state index in [0.717, 1.165) is 96.3 Å². The van der Waals surface area contributed by atoms with Crippen LogP contribution in [-0.4, -0.2) is 96.7 Å². The summed E-state index contributed by atoms with van der Waals surface area (Å²) < 4.78 is 67.9. The zero-order valence-electron chi connectivity index (χ0n) is 55.4. The minimum Gasteiger partial charge on any atom is -0.462 e. The van der Waals surface area contributed by atoms with Gasteiger partial charge in [-0.3, -0.25) is 37.3 Å². The Kier molecular flexibility index (Phi) is 59.2. The Hall–Kier alpha value is -1.94. The van der Waals surface area contributed by atoms with Crippen LogP contribution >= 0.6 is 15.6 Å². The predicted octanol–water partition coefficient (Wildman–Crippen LogP) is 19.0. The lowest BCUT2D eigenvalue weighted by Gasteiger charge is -2.21. The Morgan fingerprint density at radius 1 is 0.314 bits per heavy atom. The highest BCUT2D eigenvalue weighted by molar-refractivity contribution is 7.47. The van der Waals surface area contributed by atoms with Crippen LogP contribution < -0.4 is 0 Å². The molecule has 0 aromatic heterocycles. The van der Waals surface area contributed by atoms with Crippen LogP contribution in [0.25, 0.3) is 0 Å². The van der Waals surface area contributed by atoms with Crippen LogP contribution in [0.4, 0.5) is 0 Å². The molecule has 0 rings (SSSR count). The summed E-state index contributed by atoms with van der Waals surface area (Å²) >= 11 is 0. The number of carbonyl (C=O) groups excluding carboxylic acids is 4. The van der Waals surface area contributed by atoms with E-state index in [1.807, 2.05) is 0 Å². The van der Waals surface area contributed by atoms with Gasteiger partial charge in [0.05, 0.1) is 26.4 Å². The summed E-state index contributed by atoms with van der Waals surface area (Å²) in [6.45, 7) is 7.04. The van der Waals surface area contributed by atoms with Gasteiger partial charge in [0.1, 0.15) is 19.3 Å². The van der Waals surface area contributed by atoms with Crippen molar-refractivity contribution in [1.29, 1.82) is 0 Å². The van der Waals surface area contributed by atoms with E-state index in [-0.39, 0.29) is 25.7 Å². The lowest BCUT2D eigenvalue weighted by molar-refractivity contribution is -0.161. The molecule has 86 heavy (non-hydrogen) atoms. The van der Waals surface area contributed by atoms with Crippen LogP contribution in [0.5, 0.6) is 0 Å². The molecule has 0 aliphatic heterocycles. The zero-order chi connectivity index (χ0) is 63.5. The molecule has 0 fully saturated rings. The van der Waals surface area contributed by atoms with E-state index in [4.69, 9.17) is 37.0 Å². The van der Waals surface area contributed by atoms with Gasteiger partial charge in [-0.25, -0.2) is 9.13 Å². The van der Waals surface area contributed by atoms with E-state index in [0.29, 0.717) is 31.6 Å². The van der Waals surface area contributed by atoms with Crippen molar-refractivity contribution in [2.45, 2.75) is 361 Å². The molecule has 0 bridgehead atoms. The molecule has 0 aromatic rings. The van der Waals surface area contributed by atoms with Crippen LogP contribution in [-0.2, 0) is 65.4 Å². The minimum absolute atomic E-state index is 0.101. The van der Waals surface area contributed by atoms with E-state index < -0.39 is 97.5 Å². The molecule has 510 valence electrons. The Labute approximate surface area is 524 Å². The number of esters is 4. The van der Waals surface area contributed by atoms with Crippen molar-refractivity contribution < 1.29 is 80.2 Å². The molecular formula is C67H130O17P2. The van der Waals surface area contributed by atoms with Crippen LogP contribution in [0.3, 0.4) is 0 Å². The fourth-order valence-electron chi connectivity index (χ4n) is 10.1. The third-order valence-electron chi connectivity index (χ3n) is 15.5. The van der Waals surface area contributed by atoms with E-state index in [2.05, 4.69) is 34.6 Å². The van der Waals surface area contributed by atoms with E-state index in [1.165, 1.54) is 161 Å². The molecule has 0 saturated heterocycles. The molecule has 19 heteroatoms. The standard InChI is InChI=1S/C67H130O17P2/c1-6-9-12-15-17-19-21-23-25-26-27-28-30-32-34-36-42-47-52-66(71)83-63(57-78-65(70)51-46-41-35-33-31-29-24-22-20-18-16-13-10-7-2)59-82-86(75,76)80-55-61(68)54-79-85(73,74)81-58-62(56-77-64(69)50-45-39-14-11-8-3)84-67(72)53-48-43-38-37-40-44-49-60(4)5/h60-63,68H,6-59H2,1-5H3,(H,73,74)(H,75,76)/t61-,62+,63+/m0/s1. The molecule has 0 saturated carbocycles. The molecule has 0 aliphatic carbocycles. The first-order valence-corrected chi connectivity index (χ1v) is 38.1. The summed E-state index contributed by atoms with van der Waals surface area (Å²) in [6.07, 6.45) is 46.4. The maximum absolute atomic E-state index is 13.0. The highest BCUT2D eigenvalue weighted by Gasteiger charge is 2.30. The molecule has 2 unspecified atom stereocenters. The summed E-state index contributed by atoms with van der Waals surface area (Å²) in [5, 5.41) is 10.5. The number of hydrogen-bond acceptors (Lipinski definition) is 15. The number of unbranched alkanes of at least 4 members (excludes halogenated alkanes) is 39. The molecule has 0 spiro atoms. The average Bonchev–Trinajstić information content (AvgIpc) is 3.55. The number of ether oxygens (including phenoxy) is 4. The normalized spacial score (nSPS) is 14.2. The highest BCUT2D eigenvalue weighted by atomic mass is 31.2. The first-order valence-electron chi connectivity index (χ1n) is 35.1. The summed E-state index contributed by atoms with van der Waals surface area (Å²) in [6, 6.07) is 0. The van der Waals surface area contributed by atoms with Crippen LogP contribution in [0, 0.1) is 5.92 Å². The van der Waals surface area contributed by atoms with Gasteiger partial charge in [-0.15, -0.1) is 0 Å². The second-order valence-electron chi connectivity index (χ2n) is 24.7. The SMILES string of the molecule is CCCCCCCCCCCCCCCCCCCCC(=O)O[C@H](COC(=O)CCCCCCCCCCCCCCCC)COP(=O)(O)OC[C@@H](O)COP(=O)(O)OC[C@@H](COC(=O)CCCCCCC)OC(=O)CCCCCCCCC(C)C. The summed E-state index contributed by atoms with van der Waals surface area (Å²) in [5.41, 5.74) is 0. The third-order valence-corrected chi connectivity index (χ3v) is 17.4. The molecule has 0 aromatic carbocycles. The van der Waals surface area contributed by atoms with Gasteiger partial charge in [0.2, 0.25) is 0 Å². The Balaban J connectivity index is 5.14. The highest BCUT2D eigenvalue weighted by Crippen LogP contribution is 2.45. The lowest BCUT2D eigenvalue weighted by atomic mass is 10.0. The van der Waals surface area contributed by atoms with Crippen molar-refractivity contribution in [2.24, 2.45) is 5.92 Å². The van der Waals surface area contributed by atoms with E-state index in [1.54, 1.807) is 0 Å². The van der Waals surface area contributed by atoms with Crippen molar-refractivity contribution in [3.05, 3.63) is 0 Å². The van der Waals surface area contributed by atoms with E-state index in [9.17, 15) is 43.2 Å². The third kappa shape index (κ3) is 60.9. The zero-order valence-corrected chi connectivity index (χ0v) is 57.2. The quantitative estimate of drug-likeness (QED) is 0.0222. The molecule has 0 amide bonds. The molecule has 3 N–H and O–H groups in total. The molecule has 0 radical (unpaired) electrons. The van der Waals surface area contributed by atoms with Crippen LogP contribution in [0.1, 0.15) is 343 Å². The molecule has 0 heterocycles. The largest absolute Gasteiger partial charge is 0.472 e. The number of carbonyl (C=O) groups is 4. The summed E-state index contributed by atoms with van der Waals surface area (Å²) in [4.78, 5) is 72.1. The summed E-state index contributed by atoms with van der Waals surface area (Å²) in [7, 11) is -9.88. The van der Waals surface area contributed by atoms with Crippen molar-refractivity contribution >= 4 is 39.5 Å². The second-order valence-corrected chi connectivity index (χ2v) is 27.6. The van der Waals surface area contributed by atoms with Gasteiger partial charge < -0.3 is 33.8 Å². The summed E-state index contributed by atoms with van der Waals surface area (Å²) in [5.74, 6) is -1.47. The predicted molar refractivity (Wildman–Crippen MR) is 345 cm³/mol. The number of phosphoric acid groups is 2. The average molecular weight is 1270 g/mol.